The molecule has 1 aliphatic heterocycles. The van der Waals surface area contributed by atoms with Gasteiger partial charge in [-0.3, -0.25) is 0 Å². The molecule has 0 saturated carbocycles. The molecule has 2 nitrogen and oxygen atoms in total. The highest BCUT2D eigenvalue weighted by Crippen LogP contribution is 2.21. The Morgan fingerprint density at radius 1 is 1.05 bits per heavy atom. The molecule has 0 amide bonds. The SMILES string of the molecule is CCCCCCC(CCC)CCN1CC[C@H](OC)C1. The predicted octanol–water partition coefficient (Wildman–Crippen LogP) is 4.48. The van der Waals surface area contributed by atoms with Gasteiger partial charge in [0.05, 0.1) is 6.10 Å². The number of hydrogen-bond acceptors (Lipinski definition) is 2. The molecule has 1 rings (SSSR count). The lowest BCUT2D eigenvalue weighted by Gasteiger charge is -2.21. The number of rotatable bonds is 11. The van der Waals surface area contributed by atoms with Gasteiger partial charge in [-0.15, -0.1) is 0 Å². The maximum absolute atomic E-state index is 5.45. The molecule has 19 heavy (non-hydrogen) atoms. The lowest BCUT2D eigenvalue weighted by atomic mass is 9.93. The Labute approximate surface area is 120 Å². The van der Waals surface area contributed by atoms with Crippen LogP contribution in [0.2, 0.25) is 0 Å². The van der Waals surface area contributed by atoms with Gasteiger partial charge in [-0.25, -0.2) is 0 Å². The predicted molar refractivity (Wildman–Crippen MR) is 83.6 cm³/mol. The maximum Gasteiger partial charge on any atom is 0.0710 e. The largest absolute Gasteiger partial charge is 0.380 e. The molecule has 2 atom stereocenters. The van der Waals surface area contributed by atoms with Gasteiger partial charge in [-0.05, 0) is 25.3 Å². The summed E-state index contributed by atoms with van der Waals surface area (Å²) >= 11 is 0. The molecule has 0 aliphatic carbocycles. The van der Waals surface area contributed by atoms with Crippen molar-refractivity contribution in [1.29, 1.82) is 0 Å². The summed E-state index contributed by atoms with van der Waals surface area (Å²) in [6, 6.07) is 0. The van der Waals surface area contributed by atoms with Gasteiger partial charge in [0, 0.05) is 20.2 Å². The van der Waals surface area contributed by atoms with E-state index >= 15 is 0 Å². The minimum Gasteiger partial charge on any atom is -0.380 e. The Balaban J connectivity index is 2.14. The molecule has 0 aromatic rings. The van der Waals surface area contributed by atoms with Crippen LogP contribution in [0.15, 0.2) is 0 Å². The van der Waals surface area contributed by atoms with Gasteiger partial charge >= 0.3 is 0 Å². The second kappa shape index (κ2) is 10.7. The molecule has 0 aromatic heterocycles. The molecule has 0 radical (unpaired) electrons. The van der Waals surface area contributed by atoms with Crippen LogP contribution in [0.25, 0.3) is 0 Å². The summed E-state index contributed by atoms with van der Waals surface area (Å²) in [4.78, 5) is 2.60. The van der Waals surface area contributed by atoms with Crippen LogP contribution in [0.4, 0.5) is 0 Å². The first kappa shape index (κ1) is 17.0. The summed E-state index contributed by atoms with van der Waals surface area (Å²) in [6.45, 7) is 8.32. The highest BCUT2D eigenvalue weighted by molar-refractivity contribution is 4.76. The fraction of sp³-hybridized carbons (Fsp3) is 1.00. The second-order valence-electron chi connectivity index (χ2n) is 6.24. The van der Waals surface area contributed by atoms with Crippen molar-refractivity contribution >= 4 is 0 Å². The first-order valence-corrected chi connectivity index (χ1v) is 8.55. The highest BCUT2D eigenvalue weighted by Gasteiger charge is 2.22. The monoisotopic (exact) mass is 269 g/mol. The second-order valence-corrected chi connectivity index (χ2v) is 6.24. The van der Waals surface area contributed by atoms with Crippen molar-refractivity contribution in [3.8, 4) is 0 Å². The van der Waals surface area contributed by atoms with Crippen molar-refractivity contribution < 1.29 is 4.74 Å². The van der Waals surface area contributed by atoms with Gasteiger partial charge in [-0.1, -0.05) is 58.8 Å². The topological polar surface area (TPSA) is 12.5 Å². The minimum atomic E-state index is 0.495. The first-order chi connectivity index (χ1) is 9.30. The lowest BCUT2D eigenvalue weighted by Crippen LogP contribution is -2.25. The van der Waals surface area contributed by atoms with Gasteiger partial charge < -0.3 is 9.64 Å². The number of hydrogen-bond donors (Lipinski definition) is 0. The molecule has 1 heterocycles. The number of ether oxygens (including phenoxy) is 1. The van der Waals surface area contributed by atoms with E-state index in [4.69, 9.17) is 4.74 Å². The summed E-state index contributed by atoms with van der Waals surface area (Å²) in [5.41, 5.74) is 0. The highest BCUT2D eigenvalue weighted by atomic mass is 16.5. The van der Waals surface area contributed by atoms with Gasteiger partial charge in [0.25, 0.3) is 0 Å². The molecular formula is C17H35NO. The van der Waals surface area contributed by atoms with E-state index in [1.807, 2.05) is 7.11 Å². The molecule has 1 unspecified atom stereocenters. The summed E-state index contributed by atoms with van der Waals surface area (Å²) in [5.74, 6) is 0.962. The van der Waals surface area contributed by atoms with E-state index in [0.717, 1.165) is 12.5 Å². The fourth-order valence-corrected chi connectivity index (χ4v) is 3.26. The third-order valence-corrected chi connectivity index (χ3v) is 4.58. The number of likely N-dealkylation sites (tertiary alicyclic amines) is 1. The Kier molecular flexibility index (Phi) is 9.54. The Hall–Kier alpha value is -0.0800. The van der Waals surface area contributed by atoms with Gasteiger partial charge in [0.2, 0.25) is 0 Å². The van der Waals surface area contributed by atoms with Crippen LogP contribution in [0.3, 0.4) is 0 Å². The van der Waals surface area contributed by atoms with E-state index in [0.29, 0.717) is 6.10 Å². The van der Waals surface area contributed by atoms with Crippen molar-refractivity contribution in [1.82, 2.24) is 4.90 Å². The van der Waals surface area contributed by atoms with Crippen LogP contribution in [0, 0.1) is 5.92 Å². The molecule has 0 bridgehead atoms. The van der Waals surface area contributed by atoms with Gasteiger partial charge in [0.1, 0.15) is 0 Å². The number of unbranched alkanes of at least 4 members (excludes halogenated alkanes) is 3. The van der Waals surface area contributed by atoms with Gasteiger partial charge in [0.15, 0.2) is 0 Å². The van der Waals surface area contributed by atoms with Crippen molar-refractivity contribution in [2.75, 3.05) is 26.7 Å². The molecule has 1 aliphatic rings. The Morgan fingerprint density at radius 2 is 1.89 bits per heavy atom. The average molecular weight is 269 g/mol. The molecule has 1 saturated heterocycles. The van der Waals surface area contributed by atoms with Crippen LogP contribution in [-0.4, -0.2) is 37.7 Å². The van der Waals surface area contributed by atoms with Crippen molar-refractivity contribution in [3.63, 3.8) is 0 Å². The van der Waals surface area contributed by atoms with Gasteiger partial charge in [-0.2, -0.15) is 0 Å². The molecular weight excluding hydrogens is 234 g/mol. The van der Waals surface area contributed by atoms with E-state index in [9.17, 15) is 0 Å². The first-order valence-electron chi connectivity index (χ1n) is 8.55. The zero-order valence-electron chi connectivity index (χ0n) is 13.5. The van der Waals surface area contributed by atoms with Crippen LogP contribution < -0.4 is 0 Å². The number of nitrogens with zero attached hydrogens (tertiary/aromatic N) is 1. The quantitative estimate of drug-likeness (QED) is 0.513. The molecule has 0 aromatic carbocycles. The molecule has 2 heteroatoms. The standard InChI is InChI=1S/C17H35NO/c1-4-6-7-8-10-16(9-5-2)11-13-18-14-12-17(15-18)19-3/h16-17H,4-15H2,1-3H3/t16?,17-/m0/s1. The molecule has 0 N–H and O–H groups in total. The molecule has 114 valence electrons. The van der Waals surface area contributed by atoms with Crippen LogP contribution in [-0.2, 0) is 4.74 Å². The van der Waals surface area contributed by atoms with E-state index in [-0.39, 0.29) is 0 Å². The Morgan fingerprint density at radius 3 is 2.53 bits per heavy atom. The molecule has 0 spiro atoms. The van der Waals surface area contributed by atoms with E-state index in [1.54, 1.807) is 0 Å². The van der Waals surface area contributed by atoms with Crippen molar-refractivity contribution in [3.05, 3.63) is 0 Å². The average Bonchev–Trinajstić information content (AvgIpc) is 2.88. The summed E-state index contributed by atoms with van der Waals surface area (Å²) in [6.07, 6.45) is 13.0. The summed E-state index contributed by atoms with van der Waals surface area (Å²) in [7, 11) is 1.85. The van der Waals surface area contributed by atoms with E-state index < -0.39 is 0 Å². The third-order valence-electron chi connectivity index (χ3n) is 4.58. The summed E-state index contributed by atoms with van der Waals surface area (Å²) in [5, 5.41) is 0. The summed E-state index contributed by atoms with van der Waals surface area (Å²) < 4.78 is 5.45. The van der Waals surface area contributed by atoms with Crippen LogP contribution >= 0.6 is 0 Å². The van der Waals surface area contributed by atoms with E-state index in [2.05, 4.69) is 18.7 Å². The smallest absolute Gasteiger partial charge is 0.0710 e. The van der Waals surface area contributed by atoms with E-state index in [1.165, 1.54) is 70.9 Å². The third kappa shape index (κ3) is 7.31. The normalized spacial score (nSPS) is 21.9. The van der Waals surface area contributed by atoms with Crippen LogP contribution in [0.5, 0.6) is 0 Å². The Bertz CT molecular complexity index is 207. The van der Waals surface area contributed by atoms with Crippen molar-refractivity contribution in [2.24, 2.45) is 5.92 Å². The van der Waals surface area contributed by atoms with Crippen molar-refractivity contribution in [2.45, 2.75) is 77.7 Å². The zero-order valence-corrected chi connectivity index (χ0v) is 13.5. The maximum atomic E-state index is 5.45. The molecule has 1 fully saturated rings. The zero-order chi connectivity index (χ0) is 13.9. The minimum absolute atomic E-state index is 0.495. The number of methoxy groups -OCH3 is 1. The van der Waals surface area contributed by atoms with Crippen LogP contribution in [0.1, 0.15) is 71.6 Å². The lowest BCUT2D eigenvalue weighted by molar-refractivity contribution is 0.107. The fourth-order valence-electron chi connectivity index (χ4n) is 3.26.